The van der Waals surface area contributed by atoms with E-state index in [1.165, 1.54) is 5.56 Å². The fourth-order valence-corrected chi connectivity index (χ4v) is 10.1. The van der Waals surface area contributed by atoms with Gasteiger partial charge in [0.1, 0.15) is 0 Å². The second-order valence-corrected chi connectivity index (χ2v) is 29.6. The molecule has 0 N–H and O–H groups in total. The fourth-order valence-electron chi connectivity index (χ4n) is 4.40. The first-order chi connectivity index (χ1) is 14.1. The monoisotopic (exact) mass is 484 g/mol. The molecule has 0 aliphatic heterocycles. The average Bonchev–Trinajstić information content (AvgIpc) is 2.58. The Morgan fingerprint density at radius 3 is 1.06 bits per heavy atom. The highest BCUT2D eigenvalue weighted by Gasteiger charge is 2.32. The van der Waals surface area contributed by atoms with Crippen molar-refractivity contribution in [1.82, 2.24) is 0 Å². The Labute approximate surface area is 204 Å². The second-order valence-electron chi connectivity index (χ2n) is 14.5. The quantitative estimate of drug-likeness (QED) is 0.393. The summed E-state index contributed by atoms with van der Waals surface area (Å²) in [6.45, 7) is 36.0. The molecule has 0 saturated carbocycles. The summed E-state index contributed by atoms with van der Waals surface area (Å²) in [6.07, 6.45) is 0. The van der Waals surface area contributed by atoms with Gasteiger partial charge >= 0.3 is 0 Å². The van der Waals surface area contributed by atoms with Gasteiger partial charge in [0.2, 0.25) is 0 Å². The minimum Gasteiger partial charge on any atom is -0.0656 e. The summed E-state index contributed by atoms with van der Waals surface area (Å²) in [5.74, 6) is 0. The van der Waals surface area contributed by atoms with Gasteiger partial charge in [0.05, 0.1) is 24.2 Å². The molecule has 3 heteroatoms. The van der Waals surface area contributed by atoms with Gasteiger partial charge in [-0.25, -0.2) is 0 Å². The molecule has 32 heavy (non-hydrogen) atoms. The van der Waals surface area contributed by atoms with Crippen LogP contribution in [0.3, 0.4) is 0 Å². The van der Waals surface area contributed by atoms with Crippen LogP contribution >= 0.6 is 0 Å². The molecule has 180 valence electrons. The van der Waals surface area contributed by atoms with Gasteiger partial charge in [-0.05, 0) is 22.0 Å². The highest BCUT2D eigenvalue weighted by molar-refractivity contribution is 6.92. The zero-order chi connectivity index (χ0) is 25.3. The van der Waals surface area contributed by atoms with Crippen molar-refractivity contribution in [2.45, 2.75) is 111 Å². The van der Waals surface area contributed by atoms with Crippen molar-refractivity contribution in [1.29, 1.82) is 0 Å². The van der Waals surface area contributed by atoms with Gasteiger partial charge in [0.25, 0.3) is 0 Å². The summed E-state index contributed by atoms with van der Waals surface area (Å²) in [6, 6.07) is 16.0. The summed E-state index contributed by atoms with van der Waals surface area (Å²) in [7, 11) is -3.74. The molecule has 0 radical (unpaired) electrons. The molecule has 2 aromatic carbocycles. The van der Waals surface area contributed by atoms with E-state index in [-0.39, 0.29) is 10.8 Å². The molecule has 0 aliphatic carbocycles. The van der Waals surface area contributed by atoms with Crippen molar-refractivity contribution in [2.24, 2.45) is 0 Å². The smallest absolute Gasteiger partial charge is 0.0656 e. The Morgan fingerprint density at radius 1 is 0.438 bits per heavy atom. The van der Waals surface area contributed by atoms with Gasteiger partial charge in [0, 0.05) is 0 Å². The van der Waals surface area contributed by atoms with Crippen LogP contribution in [-0.2, 0) is 10.8 Å². The number of hydrogen-bond donors (Lipinski definition) is 0. The fraction of sp³-hybridized carbons (Fsp3) is 0.586. The topological polar surface area (TPSA) is 0 Å². The van der Waals surface area contributed by atoms with Crippen molar-refractivity contribution in [3.63, 3.8) is 0 Å². The van der Waals surface area contributed by atoms with Crippen LogP contribution in [-0.4, -0.2) is 24.2 Å². The zero-order valence-corrected chi connectivity index (χ0v) is 27.0. The van der Waals surface area contributed by atoms with Gasteiger partial charge in [-0.2, -0.15) is 0 Å². The Bertz CT molecular complexity index is 825. The molecule has 2 rings (SSSR count). The molecule has 0 nitrogen and oxygen atoms in total. The van der Waals surface area contributed by atoms with Crippen LogP contribution in [0, 0.1) is 0 Å². The minimum atomic E-state index is -1.28. The van der Waals surface area contributed by atoms with E-state index < -0.39 is 24.2 Å². The maximum absolute atomic E-state index is 2.46. The molecule has 0 fully saturated rings. The minimum absolute atomic E-state index is 0.256. The van der Waals surface area contributed by atoms with Gasteiger partial charge in [0.15, 0.2) is 0 Å². The first kappa shape index (κ1) is 29.1. The third kappa shape index (κ3) is 7.85. The molecule has 0 aliphatic rings. The van der Waals surface area contributed by atoms with Crippen LogP contribution < -0.4 is 15.6 Å². The van der Waals surface area contributed by atoms with Crippen LogP contribution in [0.1, 0.15) is 52.7 Å². The number of benzene rings is 2. The van der Waals surface area contributed by atoms with Crippen molar-refractivity contribution in [3.05, 3.63) is 53.6 Å². The molecule has 0 spiro atoms. The van der Waals surface area contributed by atoms with Crippen molar-refractivity contribution in [3.8, 4) is 0 Å². The molecule has 0 heterocycles. The molecule has 0 bridgehead atoms. The van der Waals surface area contributed by atoms with Crippen LogP contribution in [0.15, 0.2) is 42.5 Å². The molecule has 0 unspecified atom stereocenters. The molecule has 0 atom stereocenters. The lowest BCUT2D eigenvalue weighted by molar-refractivity contribution is 0.593. The van der Waals surface area contributed by atoms with E-state index >= 15 is 0 Å². The number of hydrogen-bond acceptors (Lipinski definition) is 0. The van der Waals surface area contributed by atoms with Gasteiger partial charge in [-0.3, -0.25) is 0 Å². The van der Waals surface area contributed by atoms with E-state index in [0.29, 0.717) is 0 Å². The zero-order valence-electron chi connectivity index (χ0n) is 24.0. The highest BCUT2D eigenvalue weighted by Crippen LogP contribution is 2.24. The van der Waals surface area contributed by atoms with Crippen LogP contribution in [0.25, 0.3) is 0 Å². The van der Waals surface area contributed by atoms with Crippen LogP contribution in [0.4, 0.5) is 0 Å². The van der Waals surface area contributed by atoms with Crippen molar-refractivity contribution >= 4 is 39.8 Å². The lowest BCUT2D eigenvalue weighted by Gasteiger charge is -2.35. The molecular weight excluding hydrogens is 433 g/mol. The van der Waals surface area contributed by atoms with E-state index in [2.05, 4.69) is 143 Å². The Morgan fingerprint density at radius 2 is 0.781 bits per heavy atom. The Balaban J connectivity index is 0.000000330. The summed E-state index contributed by atoms with van der Waals surface area (Å²) in [5.41, 5.74) is 3.71. The largest absolute Gasteiger partial charge is 0.0779 e. The Kier molecular flexibility index (Phi) is 8.88. The summed E-state index contributed by atoms with van der Waals surface area (Å²) < 4.78 is 0. The van der Waals surface area contributed by atoms with Crippen molar-refractivity contribution in [2.75, 3.05) is 0 Å². The van der Waals surface area contributed by atoms with Gasteiger partial charge in [-0.1, -0.05) is 158 Å². The van der Waals surface area contributed by atoms with E-state index in [1.807, 2.05) is 0 Å². The van der Waals surface area contributed by atoms with E-state index in [0.717, 1.165) is 0 Å². The number of rotatable bonds is 3. The SMILES string of the molecule is CC(C)(C)c1c([Si](C)(C)C)cccc1[Si](C)(C)C.CC(C)(C)c1ccccc1[Si](C)(C)C. The van der Waals surface area contributed by atoms with E-state index in [1.54, 1.807) is 21.1 Å². The molecule has 0 saturated heterocycles. The maximum atomic E-state index is 2.46. The standard InChI is InChI=1S/C16H30Si2.C13H22Si/c1-16(2,3)15-13(17(4,5)6)11-10-12-14(15)18(7,8)9;1-13(2,3)11-9-7-8-10-12(11)14(4,5)6/h10-12H,1-9H3;7-10H,1-6H3. The lowest BCUT2D eigenvalue weighted by atomic mass is 9.87. The van der Waals surface area contributed by atoms with Gasteiger partial charge in [-0.15, -0.1) is 0 Å². The van der Waals surface area contributed by atoms with E-state index in [9.17, 15) is 0 Å². The third-order valence-electron chi connectivity index (χ3n) is 5.97. The van der Waals surface area contributed by atoms with Crippen molar-refractivity contribution < 1.29 is 0 Å². The Hall–Kier alpha value is -0.909. The van der Waals surface area contributed by atoms with Crippen LogP contribution in [0.5, 0.6) is 0 Å². The summed E-state index contributed by atoms with van der Waals surface area (Å²) in [4.78, 5) is 0. The maximum Gasteiger partial charge on any atom is 0.0779 e. The average molecular weight is 485 g/mol. The second kappa shape index (κ2) is 9.76. The normalized spacial score (nSPS) is 13.5. The summed E-state index contributed by atoms with van der Waals surface area (Å²) >= 11 is 0. The first-order valence-corrected chi connectivity index (χ1v) is 22.8. The van der Waals surface area contributed by atoms with Crippen LogP contribution in [0.2, 0.25) is 58.9 Å². The first-order valence-electron chi connectivity index (χ1n) is 12.3. The van der Waals surface area contributed by atoms with E-state index in [4.69, 9.17) is 0 Å². The molecule has 2 aromatic rings. The third-order valence-corrected chi connectivity index (χ3v) is 12.1. The predicted molar refractivity (Wildman–Crippen MR) is 159 cm³/mol. The highest BCUT2D eigenvalue weighted by atomic mass is 28.3. The van der Waals surface area contributed by atoms with Gasteiger partial charge < -0.3 is 0 Å². The molecule has 0 amide bonds. The molecular formula is C29H52Si3. The predicted octanol–water partition coefficient (Wildman–Crippen LogP) is 7.60. The lowest BCUT2D eigenvalue weighted by Crippen LogP contribution is -2.52. The molecule has 0 aromatic heterocycles. The summed E-state index contributed by atoms with van der Waals surface area (Å²) in [5, 5.41) is 4.93.